The molecule has 0 fully saturated rings. The van der Waals surface area contributed by atoms with Crippen LogP contribution in [0.2, 0.25) is 0 Å². The molecule has 1 heterocycles. The molecule has 1 atom stereocenters. The molecular formula is C13H21NO2S. The van der Waals surface area contributed by atoms with Gasteiger partial charge in [-0.25, -0.2) is 0 Å². The van der Waals surface area contributed by atoms with Gasteiger partial charge in [-0.05, 0) is 36.8 Å². The average molecular weight is 255 g/mol. The molecule has 1 aromatic heterocycles. The number of carbonyl (C=O) groups excluding carboxylic acids is 1. The zero-order chi connectivity index (χ0) is 12.8. The fourth-order valence-corrected chi connectivity index (χ4v) is 2.63. The molecule has 96 valence electrons. The molecule has 1 N–H and O–H groups in total. The van der Waals surface area contributed by atoms with Gasteiger partial charge in [0.1, 0.15) is 0 Å². The minimum atomic E-state index is -0.246. The van der Waals surface area contributed by atoms with Crippen molar-refractivity contribution in [2.45, 2.75) is 26.7 Å². The van der Waals surface area contributed by atoms with Crippen molar-refractivity contribution >= 4 is 17.2 Å². The lowest BCUT2D eigenvalue weighted by Crippen LogP contribution is -2.35. The zero-order valence-electron chi connectivity index (χ0n) is 10.8. The van der Waals surface area contributed by atoms with E-state index in [4.69, 9.17) is 5.11 Å². The van der Waals surface area contributed by atoms with Crippen LogP contribution in [0.1, 0.15) is 23.8 Å². The van der Waals surface area contributed by atoms with E-state index in [0.717, 1.165) is 13.0 Å². The lowest BCUT2D eigenvalue weighted by molar-refractivity contribution is -0.135. The Morgan fingerprint density at radius 1 is 1.59 bits per heavy atom. The molecule has 3 nitrogen and oxygen atoms in total. The summed E-state index contributed by atoms with van der Waals surface area (Å²) in [6.45, 7) is 4.68. The molecule has 0 bridgehead atoms. The first-order valence-corrected chi connectivity index (χ1v) is 6.86. The summed E-state index contributed by atoms with van der Waals surface area (Å²) in [6.07, 6.45) is 1.59. The highest BCUT2D eigenvalue weighted by atomic mass is 32.1. The fraction of sp³-hybridized carbons (Fsp3) is 0.615. The number of aryl methyl sites for hydroxylation is 1. The molecule has 4 heteroatoms. The fourth-order valence-electron chi connectivity index (χ4n) is 1.73. The molecule has 0 aromatic carbocycles. The largest absolute Gasteiger partial charge is 0.396 e. The SMILES string of the molecule is CCC(CO)C(=O)N(C)CCc1sccc1C. The van der Waals surface area contributed by atoms with Gasteiger partial charge in [0.05, 0.1) is 12.5 Å². The highest BCUT2D eigenvalue weighted by Crippen LogP contribution is 2.16. The van der Waals surface area contributed by atoms with E-state index in [1.807, 2.05) is 14.0 Å². The van der Waals surface area contributed by atoms with E-state index in [2.05, 4.69) is 18.4 Å². The van der Waals surface area contributed by atoms with Crippen molar-refractivity contribution in [3.8, 4) is 0 Å². The van der Waals surface area contributed by atoms with Gasteiger partial charge in [-0.2, -0.15) is 0 Å². The van der Waals surface area contributed by atoms with Gasteiger partial charge in [-0.15, -0.1) is 11.3 Å². The van der Waals surface area contributed by atoms with Crippen LogP contribution in [-0.2, 0) is 11.2 Å². The predicted molar refractivity (Wildman–Crippen MR) is 71.3 cm³/mol. The van der Waals surface area contributed by atoms with Gasteiger partial charge in [-0.1, -0.05) is 6.92 Å². The summed E-state index contributed by atoms with van der Waals surface area (Å²) in [5.41, 5.74) is 1.30. The van der Waals surface area contributed by atoms with Crippen LogP contribution in [0.5, 0.6) is 0 Å². The monoisotopic (exact) mass is 255 g/mol. The van der Waals surface area contributed by atoms with E-state index in [0.29, 0.717) is 6.42 Å². The maximum atomic E-state index is 11.9. The third-order valence-corrected chi connectivity index (χ3v) is 4.16. The Bertz CT molecular complexity index is 358. The summed E-state index contributed by atoms with van der Waals surface area (Å²) in [7, 11) is 1.81. The standard InChI is InChI=1S/C13H21NO2S/c1-4-11(9-15)13(16)14(3)7-5-12-10(2)6-8-17-12/h6,8,11,15H,4-5,7,9H2,1-3H3. The van der Waals surface area contributed by atoms with Crippen LogP contribution in [0, 0.1) is 12.8 Å². The van der Waals surface area contributed by atoms with E-state index in [-0.39, 0.29) is 18.4 Å². The molecular weight excluding hydrogens is 234 g/mol. The van der Waals surface area contributed by atoms with Crippen molar-refractivity contribution in [3.05, 3.63) is 21.9 Å². The lowest BCUT2D eigenvalue weighted by atomic mass is 10.1. The van der Waals surface area contributed by atoms with E-state index < -0.39 is 0 Å². The van der Waals surface area contributed by atoms with Crippen LogP contribution in [0.25, 0.3) is 0 Å². The Kier molecular flexibility index (Phi) is 5.65. The van der Waals surface area contributed by atoms with Crippen molar-refractivity contribution in [2.24, 2.45) is 5.92 Å². The van der Waals surface area contributed by atoms with Gasteiger partial charge in [-0.3, -0.25) is 4.79 Å². The molecule has 0 aliphatic heterocycles. The number of hydrogen-bond acceptors (Lipinski definition) is 3. The minimum Gasteiger partial charge on any atom is -0.396 e. The first kappa shape index (κ1) is 14.2. The normalized spacial score (nSPS) is 12.5. The van der Waals surface area contributed by atoms with Crippen molar-refractivity contribution < 1.29 is 9.90 Å². The summed E-state index contributed by atoms with van der Waals surface area (Å²) in [5, 5.41) is 11.2. The van der Waals surface area contributed by atoms with Crippen LogP contribution in [0.3, 0.4) is 0 Å². The van der Waals surface area contributed by atoms with Crippen molar-refractivity contribution in [2.75, 3.05) is 20.2 Å². The summed E-state index contributed by atoms with van der Waals surface area (Å²) in [4.78, 5) is 15.0. The van der Waals surface area contributed by atoms with Gasteiger partial charge in [0.25, 0.3) is 0 Å². The van der Waals surface area contributed by atoms with Gasteiger partial charge in [0, 0.05) is 18.5 Å². The molecule has 1 rings (SSSR count). The molecule has 0 radical (unpaired) electrons. The van der Waals surface area contributed by atoms with Crippen LogP contribution in [-0.4, -0.2) is 36.1 Å². The van der Waals surface area contributed by atoms with Crippen molar-refractivity contribution in [1.82, 2.24) is 4.90 Å². The maximum Gasteiger partial charge on any atom is 0.227 e. The number of amides is 1. The highest BCUT2D eigenvalue weighted by Gasteiger charge is 2.19. The Labute approximate surface area is 107 Å². The molecule has 0 aliphatic carbocycles. The van der Waals surface area contributed by atoms with E-state index in [1.54, 1.807) is 16.2 Å². The number of aliphatic hydroxyl groups excluding tert-OH is 1. The first-order valence-electron chi connectivity index (χ1n) is 5.99. The van der Waals surface area contributed by atoms with Crippen LogP contribution < -0.4 is 0 Å². The molecule has 0 spiro atoms. The highest BCUT2D eigenvalue weighted by molar-refractivity contribution is 7.10. The third kappa shape index (κ3) is 3.82. The van der Waals surface area contributed by atoms with Crippen molar-refractivity contribution in [1.29, 1.82) is 0 Å². The van der Waals surface area contributed by atoms with Gasteiger partial charge in [0.2, 0.25) is 5.91 Å². The molecule has 1 amide bonds. The molecule has 17 heavy (non-hydrogen) atoms. The number of nitrogens with zero attached hydrogens (tertiary/aromatic N) is 1. The van der Waals surface area contributed by atoms with Gasteiger partial charge < -0.3 is 10.0 Å². The summed E-state index contributed by atoms with van der Waals surface area (Å²) >= 11 is 1.74. The first-order chi connectivity index (χ1) is 8.10. The van der Waals surface area contributed by atoms with E-state index >= 15 is 0 Å². The molecule has 0 aliphatic rings. The van der Waals surface area contributed by atoms with Gasteiger partial charge in [0.15, 0.2) is 0 Å². The summed E-state index contributed by atoms with van der Waals surface area (Å²) < 4.78 is 0. The number of carbonyl (C=O) groups is 1. The minimum absolute atomic E-state index is 0.0456. The van der Waals surface area contributed by atoms with Crippen LogP contribution in [0.4, 0.5) is 0 Å². The number of hydrogen-bond donors (Lipinski definition) is 1. The number of likely N-dealkylation sites (N-methyl/N-ethyl adjacent to an activating group) is 1. The third-order valence-electron chi connectivity index (χ3n) is 3.08. The molecule has 1 unspecified atom stereocenters. The average Bonchev–Trinajstić information content (AvgIpc) is 2.73. The number of thiophene rings is 1. The lowest BCUT2D eigenvalue weighted by Gasteiger charge is -2.21. The number of aliphatic hydroxyl groups is 1. The predicted octanol–water partition coefficient (Wildman–Crippen LogP) is 2.08. The second kappa shape index (κ2) is 6.77. The quantitative estimate of drug-likeness (QED) is 0.845. The summed E-state index contributed by atoms with van der Waals surface area (Å²) in [5.74, 6) is -0.200. The smallest absolute Gasteiger partial charge is 0.227 e. The second-order valence-corrected chi connectivity index (χ2v) is 5.32. The molecule has 0 saturated carbocycles. The maximum absolute atomic E-state index is 11.9. The zero-order valence-corrected chi connectivity index (χ0v) is 11.6. The second-order valence-electron chi connectivity index (χ2n) is 4.32. The van der Waals surface area contributed by atoms with Crippen LogP contribution >= 0.6 is 11.3 Å². The van der Waals surface area contributed by atoms with E-state index in [1.165, 1.54) is 10.4 Å². The topological polar surface area (TPSA) is 40.5 Å². The Balaban J connectivity index is 2.47. The summed E-state index contributed by atoms with van der Waals surface area (Å²) in [6, 6.07) is 2.10. The Hall–Kier alpha value is -0.870. The molecule has 1 aromatic rings. The number of rotatable bonds is 6. The Morgan fingerprint density at radius 3 is 2.76 bits per heavy atom. The van der Waals surface area contributed by atoms with E-state index in [9.17, 15) is 4.79 Å². The molecule has 0 saturated heterocycles. The Morgan fingerprint density at radius 2 is 2.29 bits per heavy atom. The van der Waals surface area contributed by atoms with Gasteiger partial charge >= 0.3 is 0 Å². The van der Waals surface area contributed by atoms with Crippen LogP contribution in [0.15, 0.2) is 11.4 Å². The van der Waals surface area contributed by atoms with Crippen molar-refractivity contribution in [3.63, 3.8) is 0 Å².